The lowest BCUT2D eigenvalue weighted by Crippen LogP contribution is -2.31. The van der Waals surface area contributed by atoms with Gasteiger partial charge in [-0.05, 0) is 95.1 Å². The molecule has 10 aromatic rings. The van der Waals surface area contributed by atoms with Crippen LogP contribution in [0, 0.1) is 0 Å². The van der Waals surface area contributed by atoms with Crippen LogP contribution in [0.2, 0.25) is 0 Å². The molecule has 0 spiro atoms. The summed E-state index contributed by atoms with van der Waals surface area (Å²) in [6.45, 7) is 0. The van der Waals surface area contributed by atoms with Crippen molar-refractivity contribution < 1.29 is 0 Å². The predicted octanol–water partition coefficient (Wildman–Crippen LogP) is 12.4. The molecule has 0 unspecified atom stereocenters. The van der Waals surface area contributed by atoms with Crippen LogP contribution in [0.5, 0.6) is 0 Å². The molecule has 0 atom stereocenters. The Bertz CT molecular complexity index is 2690. The third-order valence-corrected chi connectivity index (χ3v) is 11.1. The summed E-state index contributed by atoms with van der Waals surface area (Å²) in [5.41, 5.74) is 14.5. The Kier molecular flexibility index (Phi) is 10.1. The first kappa shape index (κ1) is 37.1. The van der Waals surface area contributed by atoms with Gasteiger partial charge in [0.15, 0.2) is 0 Å². The molecule has 0 aliphatic rings. The minimum atomic E-state index is -0.662. The van der Waals surface area contributed by atoms with Crippen molar-refractivity contribution in [2.75, 3.05) is 0 Å². The van der Waals surface area contributed by atoms with Crippen molar-refractivity contribution in [1.82, 2.24) is 29.9 Å². The molecule has 0 saturated carbocycles. The summed E-state index contributed by atoms with van der Waals surface area (Å²) < 4.78 is 0. The van der Waals surface area contributed by atoms with Gasteiger partial charge in [-0.25, -0.2) is 9.97 Å². The molecule has 6 heterocycles. The summed E-state index contributed by atoms with van der Waals surface area (Å²) >= 11 is 0. The summed E-state index contributed by atoms with van der Waals surface area (Å²) in [7, 11) is 0. The van der Waals surface area contributed by atoms with Gasteiger partial charge in [-0.3, -0.25) is 19.9 Å². The van der Waals surface area contributed by atoms with Crippen molar-refractivity contribution in [2.24, 2.45) is 0 Å². The lowest BCUT2D eigenvalue weighted by Gasteiger charge is -2.37. The number of hydrogen-bond donors (Lipinski definition) is 0. The fraction of sp³-hybridized carbons (Fsp3) is 0.0182. The molecular formula is C55H38N6. The second-order valence-electron chi connectivity index (χ2n) is 14.7. The molecule has 0 fully saturated rings. The zero-order valence-corrected chi connectivity index (χ0v) is 33.1. The molecule has 4 aromatic carbocycles. The number of benzene rings is 4. The lowest BCUT2D eigenvalue weighted by atomic mass is 9.65. The number of nitrogens with zero attached hydrogens (tertiary/aromatic N) is 6. The molecular weight excluding hydrogens is 745 g/mol. The standard InChI is InChI=1S/C55H38N6/c1-3-15-43(16-4-1)55(44-17-5-2-6-18-44,45-27-23-39(24-28-45)51-35-41(47-19-7-11-31-56-47)37-53(60-51)49-21-9-13-33-58-49)46-29-25-40(26-30-46)52-36-42(48-20-8-12-32-57-48)38-54(61-52)50-22-10-14-34-59-50/h1-38H. The summed E-state index contributed by atoms with van der Waals surface area (Å²) in [5, 5.41) is 0. The Morgan fingerprint density at radius 3 is 0.885 bits per heavy atom. The van der Waals surface area contributed by atoms with Crippen molar-refractivity contribution in [2.45, 2.75) is 5.41 Å². The number of hydrogen-bond acceptors (Lipinski definition) is 6. The molecule has 10 rings (SSSR count). The van der Waals surface area contributed by atoms with Crippen LogP contribution in [0.4, 0.5) is 0 Å². The topological polar surface area (TPSA) is 77.3 Å². The van der Waals surface area contributed by atoms with E-state index in [1.807, 2.05) is 85.2 Å². The van der Waals surface area contributed by atoms with Crippen LogP contribution in [-0.4, -0.2) is 29.9 Å². The number of aromatic nitrogens is 6. The van der Waals surface area contributed by atoms with Gasteiger partial charge in [-0.15, -0.1) is 0 Å². The van der Waals surface area contributed by atoms with Crippen LogP contribution < -0.4 is 0 Å². The van der Waals surface area contributed by atoms with Gasteiger partial charge in [0.2, 0.25) is 0 Å². The van der Waals surface area contributed by atoms with Crippen LogP contribution in [0.15, 0.2) is 231 Å². The van der Waals surface area contributed by atoms with E-state index in [4.69, 9.17) is 9.97 Å². The second-order valence-corrected chi connectivity index (χ2v) is 14.7. The highest BCUT2D eigenvalue weighted by Gasteiger charge is 2.38. The summed E-state index contributed by atoms with van der Waals surface area (Å²) in [5.74, 6) is 0. The maximum atomic E-state index is 5.15. The smallest absolute Gasteiger partial charge is 0.0900 e. The zero-order valence-electron chi connectivity index (χ0n) is 33.1. The Hall–Kier alpha value is -8.22. The van der Waals surface area contributed by atoms with Gasteiger partial charge in [0.05, 0.1) is 51.0 Å². The van der Waals surface area contributed by atoms with Gasteiger partial charge in [0, 0.05) is 47.0 Å². The lowest BCUT2D eigenvalue weighted by molar-refractivity contribution is 0.745. The van der Waals surface area contributed by atoms with E-state index in [0.29, 0.717) is 0 Å². The highest BCUT2D eigenvalue weighted by Crippen LogP contribution is 2.46. The molecule has 288 valence electrons. The van der Waals surface area contributed by atoms with Crippen molar-refractivity contribution in [3.05, 3.63) is 253 Å². The Labute approximate surface area is 355 Å². The van der Waals surface area contributed by atoms with E-state index in [1.165, 1.54) is 0 Å². The molecule has 6 aromatic heterocycles. The first-order chi connectivity index (χ1) is 30.2. The normalized spacial score (nSPS) is 11.3. The summed E-state index contributed by atoms with van der Waals surface area (Å²) in [4.78, 5) is 28.9. The number of pyridine rings is 6. The molecule has 6 nitrogen and oxygen atoms in total. The minimum Gasteiger partial charge on any atom is -0.256 e. The first-order valence-corrected chi connectivity index (χ1v) is 20.2. The highest BCUT2D eigenvalue weighted by atomic mass is 14.8. The van der Waals surface area contributed by atoms with Crippen molar-refractivity contribution in [3.63, 3.8) is 0 Å². The van der Waals surface area contributed by atoms with E-state index in [-0.39, 0.29) is 0 Å². The van der Waals surface area contributed by atoms with E-state index < -0.39 is 5.41 Å². The predicted molar refractivity (Wildman–Crippen MR) is 244 cm³/mol. The van der Waals surface area contributed by atoms with Gasteiger partial charge in [-0.2, -0.15) is 0 Å². The maximum absolute atomic E-state index is 5.15. The molecule has 6 heteroatoms. The average molecular weight is 783 g/mol. The average Bonchev–Trinajstić information content (AvgIpc) is 3.36. The largest absolute Gasteiger partial charge is 0.256 e. The van der Waals surface area contributed by atoms with Gasteiger partial charge >= 0.3 is 0 Å². The third-order valence-electron chi connectivity index (χ3n) is 11.1. The van der Waals surface area contributed by atoms with Crippen LogP contribution in [0.25, 0.3) is 67.8 Å². The molecule has 0 amide bonds. The Morgan fingerprint density at radius 1 is 0.230 bits per heavy atom. The Morgan fingerprint density at radius 2 is 0.541 bits per heavy atom. The molecule has 61 heavy (non-hydrogen) atoms. The van der Waals surface area contributed by atoms with Gasteiger partial charge in [0.25, 0.3) is 0 Å². The minimum absolute atomic E-state index is 0.662. The van der Waals surface area contributed by atoms with Crippen LogP contribution in [-0.2, 0) is 5.41 Å². The summed E-state index contributed by atoms with van der Waals surface area (Å²) in [6.07, 6.45) is 7.24. The van der Waals surface area contributed by atoms with Crippen molar-refractivity contribution >= 4 is 0 Å². The van der Waals surface area contributed by atoms with Gasteiger partial charge < -0.3 is 0 Å². The second kappa shape index (κ2) is 16.6. The van der Waals surface area contributed by atoms with Crippen molar-refractivity contribution in [3.8, 4) is 67.8 Å². The van der Waals surface area contributed by atoms with Crippen molar-refractivity contribution in [1.29, 1.82) is 0 Å². The van der Waals surface area contributed by atoms with Gasteiger partial charge in [0.1, 0.15) is 0 Å². The van der Waals surface area contributed by atoms with Crippen LogP contribution in [0.3, 0.4) is 0 Å². The quantitative estimate of drug-likeness (QED) is 0.129. The zero-order chi connectivity index (χ0) is 40.9. The monoisotopic (exact) mass is 782 g/mol. The molecule has 0 aliphatic carbocycles. The molecule has 0 aliphatic heterocycles. The molecule has 0 radical (unpaired) electrons. The molecule has 0 bridgehead atoms. The van der Waals surface area contributed by atoms with E-state index in [2.05, 4.69) is 153 Å². The van der Waals surface area contributed by atoms with Crippen LogP contribution >= 0.6 is 0 Å². The molecule has 0 saturated heterocycles. The number of rotatable bonds is 10. The van der Waals surface area contributed by atoms with E-state index >= 15 is 0 Å². The third kappa shape index (κ3) is 7.39. The van der Waals surface area contributed by atoms with E-state index in [1.54, 1.807) is 12.4 Å². The first-order valence-electron chi connectivity index (χ1n) is 20.2. The summed E-state index contributed by atoms with van der Waals surface area (Å²) in [6, 6.07) is 71.3. The SMILES string of the molecule is c1ccc(C(c2ccccc2)(c2ccc(-c3cc(-c4ccccn4)cc(-c4ccccn4)n3)cc2)c2ccc(-c3cc(-c4ccccn4)cc(-c4ccccn4)n3)cc2)cc1. The fourth-order valence-electron chi connectivity index (χ4n) is 8.17. The maximum Gasteiger partial charge on any atom is 0.0900 e. The molecule has 0 N–H and O–H groups in total. The fourth-order valence-corrected chi connectivity index (χ4v) is 8.17. The van der Waals surface area contributed by atoms with Gasteiger partial charge in [-0.1, -0.05) is 133 Å². The van der Waals surface area contributed by atoms with E-state index in [9.17, 15) is 0 Å². The van der Waals surface area contributed by atoms with E-state index in [0.717, 1.165) is 90.1 Å². The highest BCUT2D eigenvalue weighted by molar-refractivity contribution is 5.77. The van der Waals surface area contributed by atoms with Crippen LogP contribution in [0.1, 0.15) is 22.3 Å². The Balaban J connectivity index is 1.11.